The first-order valence-electron chi connectivity index (χ1n) is 37.6. The van der Waals surface area contributed by atoms with Crippen molar-refractivity contribution < 1.29 is 72.2 Å². The molecular formula is C77H105N19O15S. The molecule has 1 aliphatic heterocycles. The lowest BCUT2D eigenvalue weighted by atomic mass is 9.96. The number of fused-ring (bicyclic) bond motifs is 3. The Morgan fingerprint density at radius 1 is 0.518 bits per heavy atom. The van der Waals surface area contributed by atoms with Gasteiger partial charge < -0.3 is 101 Å². The third-order valence-electron chi connectivity index (χ3n) is 19.2. The van der Waals surface area contributed by atoms with Crippen molar-refractivity contribution >= 4 is 133 Å². The molecule has 23 N–H and O–H groups in total. The summed E-state index contributed by atoms with van der Waals surface area (Å²) >= 11 is 0.885. The minimum Gasteiger partial charge on any atom is -0.481 e. The molecule has 11 atom stereocenters. The molecular weight excluding hydrogens is 1460 g/mol. The number of aromatic amines is 2. The number of aliphatic carboxylic acids is 1. The Morgan fingerprint density at radius 3 is 1.57 bits per heavy atom. The van der Waals surface area contributed by atoms with Crippen molar-refractivity contribution in [2.45, 2.75) is 179 Å². The number of amides is 13. The molecule has 0 aliphatic carbocycles. The van der Waals surface area contributed by atoms with Crippen molar-refractivity contribution in [2.24, 2.45) is 29.0 Å². The molecule has 1 saturated heterocycles. The number of nitrogens with one attached hydrogen (secondary N) is 16. The molecule has 34 nitrogen and oxygen atoms in total. The largest absolute Gasteiger partial charge is 0.481 e. The third kappa shape index (κ3) is 26.9. The second-order valence-electron chi connectivity index (χ2n) is 28.1. The number of guanidine groups is 1. The van der Waals surface area contributed by atoms with E-state index in [1.165, 1.54) is 0 Å². The van der Waals surface area contributed by atoms with Crippen LogP contribution in [0.15, 0.2) is 103 Å². The monoisotopic (exact) mass is 1570 g/mol. The molecule has 0 saturated carbocycles. The van der Waals surface area contributed by atoms with E-state index in [0.29, 0.717) is 64.2 Å². The second-order valence-corrected chi connectivity index (χ2v) is 29.2. The number of hydrogen-bond donors (Lipinski definition) is 20. The summed E-state index contributed by atoms with van der Waals surface area (Å²) in [5.41, 5.74) is 20.4. The minimum atomic E-state index is -1.95. The lowest BCUT2D eigenvalue weighted by Gasteiger charge is -2.29. The second kappa shape index (κ2) is 43.7. The number of carbonyl (C=O) groups excluding carboxylic acids is 13. The number of carboxylic acid groups (broad SMARTS) is 1. The normalized spacial score (nSPS) is 22.5. The third-order valence-corrected chi connectivity index (χ3v) is 20.2. The van der Waals surface area contributed by atoms with Crippen LogP contribution in [-0.2, 0) is 86.4 Å². The van der Waals surface area contributed by atoms with Gasteiger partial charge in [0.2, 0.25) is 76.8 Å². The van der Waals surface area contributed by atoms with Crippen molar-refractivity contribution in [3.8, 4) is 0 Å². The Balaban J connectivity index is 1.25. The van der Waals surface area contributed by atoms with E-state index in [4.69, 9.17) is 22.6 Å². The first kappa shape index (κ1) is 87.6. The van der Waals surface area contributed by atoms with Crippen LogP contribution in [0, 0.1) is 17.2 Å². The van der Waals surface area contributed by atoms with Crippen LogP contribution in [0.2, 0.25) is 0 Å². The van der Waals surface area contributed by atoms with Gasteiger partial charge in [0.15, 0.2) is 5.96 Å². The zero-order valence-corrected chi connectivity index (χ0v) is 64.3. The van der Waals surface area contributed by atoms with Crippen LogP contribution in [0.25, 0.3) is 32.6 Å². The number of H-pyrrole nitrogens is 2. The van der Waals surface area contributed by atoms with Gasteiger partial charge in [-0.15, -0.1) is 11.8 Å². The number of benzene rings is 4. The fourth-order valence-electron chi connectivity index (χ4n) is 12.7. The molecule has 112 heavy (non-hydrogen) atoms. The van der Waals surface area contributed by atoms with Gasteiger partial charge in [0, 0.05) is 65.8 Å². The zero-order chi connectivity index (χ0) is 81.6. The highest BCUT2D eigenvalue weighted by Crippen LogP contribution is 2.23. The van der Waals surface area contributed by atoms with Crippen LogP contribution in [0.4, 0.5) is 0 Å². The van der Waals surface area contributed by atoms with Gasteiger partial charge in [-0.05, 0) is 96.5 Å². The van der Waals surface area contributed by atoms with Crippen molar-refractivity contribution in [1.82, 2.24) is 79.1 Å². The van der Waals surface area contributed by atoms with Crippen LogP contribution in [-0.4, -0.2) is 202 Å². The van der Waals surface area contributed by atoms with Crippen LogP contribution in [0.1, 0.15) is 116 Å². The Hall–Kier alpha value is -11.6. The molecule has 604 valence electrons. The van der Waals surface area contributed by atoms with Gasteiger partial charge in [-0.2, -0.15) is 0 Å². The lowest BCUT2D eigenvalue weighted by Crippen LogP contribution is -2.61. The van der Waals surface area contributed by atoms with Gasteiger partial charge in [-0.1, -0.05) is 133 Å². The predicted octanol–water partition coefficient (Wildman–Crippen LogP) is -0.0979. The quantitative estimate of drug-likeness (QED) is 0.0226. The molecule has 3 heterocycles. The Morgan fingerprint density at radius 2 is 1.01 bits per heavy atom. The highest BCUT2D eigenvalue weighted by Gasteiger charge is 2.38. The van der Waals surface area contributed by atoms with E-state index < -0.39 is 186 Å². The molecule has 1 aliphatic rings. The highest BCUT2D eigenvalue weighted by molar-refractivity contribution is 8.00. The predicted molar refractivity (Wildman–Crippen MR) is 422 cm³/mol. The number of hydrogen-bond acceptors (Lipinski definition) is 17. The number of para-hydroxylation sites is 2. The molecule has 6 aromatic rings. The summed E-state index contributed by atoms with van der Waals surface area (Å²) < 4.78 is 0. The molecule has 0 bridgehead atoms. The summed E-state index contributed by atoms with van der Waals surface area (Å²) in [5, 5.41) is 55.0. The number of thioether (sulfide) groups is 1. The number of carboxylic acids is 1. The maximum atomic E-state index is 15.1. The number of carbonyl (C=O) groups is 14. The van der Waals surface area contributed by atoms with Gasteiger partial charge in [-0.25, -0.2) is 0 Å². The van der Waals surface area contributed by atoms with E-state index in [1.54, 1.807) is 88.6 Å². The van der Waals surface area contributed by atoms with Crippen molar-refractivity contribution in [3.63, 3.8) is 0 Å². The van der Waals surface area contributed by atoms with Gasteiger partial charge in [0.05, 0.1) is 25.3 Å². The molecule has 1 fully saturated rings. The fourth-order valence-corrected chi connectivity index (χ4v) is 13.6. The van der Waals surface area contributed by atoms with Crippen LogP contribution in [0.3, 0.4) is 0 Å². The van der Waals surface area contributed by atoms with Crippen LogP contribution < -0.4 is 86.3 Å². The SMILES string of the molecule is CCCC[C@@H]1NC(=O)[C@H](Cc2c[nH]c3ccccc23)NC(=O)[C@H](CC(=O)O)NC(=O)[C@H](CCCNC(=N)N)NC(=O)CNC(=O)CNC(=O)[C@H]([C@@H](C)CC)NC(=O)[C@H](Cc2ccc3ccccc3c2)NC(=O)CSC[C@@H](C(N)=O)NC(=O)[C@H](C(C)C)NC(=O)[C@H](Cc2c[nH]c3ccccc23)NC(=O)[C@H](CCCCN)NC1=O. The van der Waals surface area contributed by atoms with Crippen molar-refractivity contribution in [2.75, 3.05) is 37.7 Å². The smallest absolute Gasteiger partial charge is 0.305 e. The Bertz CT molecular complexity index is 4340. The van der Waals surface area contributed by atoms with E-state index in [1.807, 2.05) is 49.4 Å². The highest BCUT2D eigenvalue weighted by atomic mass is 32.2. The fraction of sp³-hybridized carbons (Fsp3) is 0.468. The van der Waals surface area contributed by atoms with E-state index >= 15 is 14.4 Å². The first-order valence-corrected chi connectivity index (χ1v) is 38.7. The number of nitrogens with two attached hydrogens (primary N) is 3. The van der Waals surface area contributed by atoms with E-state index in [9.17, 15) is 57.8 Å². The summed E-state index contributed by atoms with van der Waals surface area (Å²) in [6, 6.07) is 12.2. The molecule has 0 spiro atoms. The Labute approximate surface area is 652 Å². The number of aromatic nitrogens is 2. The first-order chi connectivity index (χ1) is 53.5. The molecule has 0 unspecified atom stereocenters. The van der Waals surface area contributed by atoms with E-state index in [-0.39, 0.29) is 70.2 Å². The van der Waals surface area contributed by atoms with Crippen molar-refractivity contribution in [1.29, 1.82) is 5.41 Å². The molecule has 7 rings (SSSR count). The van der Waals surface area contributed by atoms with Crippen LogP contribution in [0.5, 0.6) is 0 Å². The Kier molecular flexibility index (Phi) is 34.2. The summed E-state index contributed by atoms with van der Waals surface area (Å²) in [6.45, 7) is 7.18. The average Bonchev–Trinajstić information content (AvgIpc) is 1.59. The summed E-state index contributed by atoms with van der Waals surface area (Å²) in [4.78, 5) is 206. The summed E-state index contributed by atoms with van der Waals surface area (Å²) in [6.07, 6.45) is 3.22. The van der Waals surface area contributed by atoms with Gasteiger partial charge in [0.25, 0.3) is 0 Å². The van der Waals surface area contributed by atoms with Gasteiger partial charge in [-0.3, -0.25) is 72.5 Å². The topological polar surface area (TPSA) is 549 Å². The van der Waals surface area contributed by atoms with Gasteiger partial charge in [0.1, 0.15) is 60.4 Å². The van der Waals surface area contributed by atoms with Crippen molar-refractivity contribution in [3.05, 3.63) is 120 Å². The number of primary amides is 1. The number of rotatable bonds is 23. The standard InChI is InChI=1S/C77H105N19O15S/c1-6-8-22-54-69(104)89-55(25-15-16-29-78)70(105)91-58(34-48-37-84-52-24-14-12-21-50(48)52)74(109)95-65(42(3)4)76(111)94-60(67(79)102)40-112-41-63(99)88-56(32-44-27-28-45-18-9-10-19-46(45)31-44)73(108)96-66(43(5)7-2)75(110)86-38-61(97)85-39-62(98)87-53(26-17-30-82-77(80)81)68(103)93-59(35-64(100)101)72(107)92-57(71(106)90-54)33-47-36-83-51-23-13-11-20-49(47)51/h9-14,18-21,23-24,27-28,31,36-37,42-43,53-60,65-66,83-84H,6-8,15-17,22,25-26,29-30,32-35,38-41,78H2,1-5H3,(H2,79,102)(H,85,97)(H,86,110)(H,87,98)(H,88,99)(H,89,104)(H,90,106)(H,91,105)(H,92,107)(H,93,103)(H,94,111)(H,95,109)(H,96,108)(H,100,101)(H4,80,81,82)/t43-,53-,54-,55-,56-,57-,58-,59-,60-,65-,66-/m0/s1. The van der Waals surface area contributed by atoms with E-state index in [2.05, 4.69) is 79.1 Å². The maximum Gasteiger partial charge on any atom is 0.305 e. The molecule has 4 aromatic carbocycles. The van der Waals surface area contributed by atoms with Gasteiger partial charge >= 0.3 is 5.97 Å². The van der Waals surface area contributed by atoms with E-state index in [0.717, 1.165) is 22.5 Å². The maximum absolute atomic E-state index is 15.1. The molecule has 0 radical (unpaired) electrons. The number of unbranched alkanes of at least 4 members (excludes halogenated alkanes) is 2. The summed E-state index contributed by atoms with van der Waals surface area (Å²) in [5.74, 6) is -15.8. The molecule has 35 heteroatoms. The summed E-state index contributed by atoms with van der Waals surface area (Å²) in [7, 11) is 0. The minimum absolute atomic E-state index is 0.00171. The lowest BCUT2D eigenvalue weighted by molar-refractivity contribution is -0.141. The molecule has 2 aromatic heterocycles. The molecule has 13 amide bonds. The average molecular weight is 1570 g/mol. The van der Waals surface area contributed by atoms with Crippen LogP contribution >= 0.6 is 11.8 Å². The zero-order valence-electron chi connectivity index (χ0n) is 63.5.